The molecule has 0 bridgehead atoms. The van der Waals surface area contributed by atoms with Gasteiger partial charge in [0.15, 0.2) is 11.4 Å². The molecular weight excluding hydrogens is 321 g/mol. The lowest BCUT2D eigenvalue weighted by atomic mass is 10.2. The third kappa shape index (κ3) is 2.47. The van der Waals surface area contributed by atoms with Gasteiger partial charge in [-0.2, -0.15) is 0 Å². The van der Waals surface area contributed by atoms with Crippen molar-refractivity contribution in [2.75, 3.05) is 5.32 Å². The Bertz CT molecular complexity index is 935. The lowest BCUT2D eigenvalue weighted by molar-refractivity contribution is 0.667. The van der Waals surface area contributed by atoms with Crippen LogP contribution in [0.5, 0.6) is 0 Å². The Morgan fingerprint density at radius 1 is 0.955 bits per heavy atom. The van der Waals surface area contributed by atoms with Gasteiger partial charge < -0.3 is 9.73 Å². The van der Waals surface area contributed by atoms with Gasteiger partial charge in [0.1, 0.15) is 17.4 Å². The molecule has 0 saturated carbocycles. The Balaban J connectivity index is 0.00000144. The van der Waals surface area contributed by atoms with Gasteiger partial charge in [0.25, 0.3) is 0 Å². The highest BCUT2D eigenvalue weighted by Crippen LogP contribution is 2.31. The zero-order chi connectivity index (χ0) is 14.2. The number of aromatic nitrogens is 2. The van der Waals surface area contributed by atoms with Gasteiger partial charge >= 0.3 is 0 Å². The third-order valence-corrected chi connectivity index (χ3v) is 3.52. The summed E-state index contributed by atoms with van der Waals surface area (Å²) in [6, 6.07) is 15.2. The molecule has 2 aromatic carbocycles. The number of furan rings is 1. The summed E-state index contributed by atoms with van der Waals surface area (Å²) in [5.74, 6) is 0.638. The first-order valence-corrected chi connectivity index (χ1v) is 6.84. The van der Waals surface area contributed by atoms with Gasteiger partial charge in [-0.05, 0) is 36.4 Å². The number of benzene rings is 2. The lowest BCUT2D eigenvalue weighted by Gasteiger charge is -2.05. The summed E-state index contributed by atoms with van der Waals surface area (Å²) in [6.07, 6.45) is 1.53. The highest BCUT2D eigenvalue weighted by Gasteiger charge is 2.12. The average molecular weight is 332 g/mol. The zero-order valence-corrected chi connectivity index (χ0v) is 12.9. The Kier molecular flexibility index (Phi) is 3.88. The Morgan fingerprint density at radius 3 is 2.55 bits per heavy atom. The molecule has 6 heteroatoms. The summed E-state index contributed by atoms with van der Waals surface area (Å²) < 4.78 is 5.87. The van der Waals surface area contributed by atoms with Crippen LogP contribution in [0.4, 0.5) is 11.5 Å². The van der Waals surface area contributed by atoms with Gasteiger partial charge in [-0.1, -0.05) is 23.7 Å². The van der Waals surface area contributed by atoms with Crippen molar-refractivity contribution in [1.29, 1.82) is 0 Å². The van der Waals surface area contributed by atoms with E-state index in [-0.39, 0.29) is 12.4 Å². The number of para-hydroxylation sites is 1. The summed E-state index contributed by atoms with van der Waals surface area (Å²) >= 11 is 5.89. The monoisotopic (exact) mass is 331 g/mol. The number of anilines is 2. The molecule has 0 fully saturated rings. The fraction of sp³-hybridized carbons (Fsp3) is 0. The second-order valence-corrected chi connectivity index (χ2v) is 5.07. The fourth-order valence-electron chi connectivity index (χ4n) is 2.28. The molecule has 4 aromatic rings. The number of fused-ring (bicyclic) bond motifs is 3. The second-order valence-electron chi connectivity index (χ2n) is 4.63. The summed E-state index contributed by atoms with van der Waals surface area (Å²) in [7, 11) is 0. The van der Waals surface area contributed by atoms with Crippen molar-refractivity contribution >= 4 is 57.6 Å². The van der Waals surface area contributed by atoms with Crippen molar-refractivity contribution in [3.05, 3.63) is 59.9 Å². The number of hydrogen-bond acceptors (Lipinski definition) is 4. The molecule has 2 aromatic heterocycles. The van der Waals surface area contributed by atoms with Crippen LogP contribution in [0.3, 0.4) is 0 Å². The standard InChI is InChI=1S/C16H10ClN3O.ClH/c17-10-5-7-11(8-6-10)20-16-15-14(18-9-19-16)12-3-1-2-4-13(12)21-15;/h1-9H,(H,18,19,20);1H. The molecule has 22 heavy (non-hydrogen) atoms. The first-order valence-electron chi connectivity index (χ1n) is 6.46. The van der Waals surface area contributed by atoms with Crippen molar-refractivity contribution < 1.29 is 4.42 Å². The highest BCUT2D eigenvalue weighted by atomic mass is 35.5. The van der Waals surface area contributed by atoms with Gasteiger partial charge in [0.2, 0.25) is 0 Å². The molecule has 0 radical (unpaired) electrons. The molecule has 4 nitrogen and oxygen atoms in total. The first-order chi connectivity index (χ1) is 10.3. The topological polar surface area (TPSA) is 51.0 Å². The number of nitrogens with zero attached hydrogens (tertiary/aromatic N) is 2. The molecule has 0 spiro atoms. The summed E-state index contributed by atoms with van der Waals surface area (Å²) in [4.78, 5) is 8.59. The maximum absolute atomic E-state index is 5.89. The number of hydrogen-bond donors (Lipinski definition) is 1. The van der Waals surface area contributed by atoms with Crippen molar-refractivity contribution in [2.45, 2.75) is 0 Å². The normalized spacial score (nSPS) is 10.6. The van der Waals surface area contributed by atoms with E-state index in [1.54, 1.807) is 0 Å². The van der Waals surface area contributed by atoms with Crippen molar-refractivity contribution in [3.8, 4) is 0 Å². The molecule has 2 heterocycles. The third-order valence-electron chi connectivity index (χ3n) is 3.26. The predicted molar refractivity (Wildman–Crippen MR) is 91.3 cm³/mol. The molecule has 110 valence electrons. The van der Waals surface area contributed by atoms with Crippen molar-refractivity contribution in [1.82, 2.24) is 9.97 Å². The molecule has 0 aliphatic rings. The van der Waals surface area contributed by atoms with Gasteiger partial charge in [0, 0.05) is 16.1 Å². The summed E-state index contributed by atoms with van der Waals surface area (Å²) in [5.41, 5.74) is 3.14. The maximum atomic E-state index is 5.89. The predicted octanol–water partition coefficient (Wildman–Crippen LogP) is 5.19. The van der Waals surface area contributed by atoms with Crippen molar-refractivity contribution in [3.63, 3.8) is 0 Å². The van der Waals surface area contributed by atoms with E-state index in [4.69, 9.17) is 16.0 Å². The van der Waals surface area contributed by atoms with E-state index in [9.17, 15) is 0 Å². The smallest absolute Gasteiger partial charge is 0.196 e. The van der Waals surface area contributed by atoms with Crippen LogP contribution < -0.4 is 5.32 Å². The van der Waals surface area contributed by atoms with E-state index in [2.05, 4.69) is 15.3 Å². The average Bonchev–Trinajstić information content (AvgIpc) is 2.89. The van der Waals surface area contributed by atoms with Crippen LogP contribution >= 0.6 is 24.0 Å². The molecule has 0 saturated heterocycles. The van der Waals surface area contributed by atoms with Gasteiger partial charge in [-0.25, -0.2) is 9.97 Å². The minimum atomic E-state index is 0. The van der Waals surface area contributed by atoms with Crippen LogP contribution in [-0.4, -0.2) is 9.97 Å². The van der Waals surface area contributed by atoms with E-state index in [1.165, 1.54) is 6.33 Å². The van der Waals surface area contributed by atoms with Gasteiger partial charge in [-0.3, -0.25) is 0 Å². The summed E-state index contributed by atoms with van der Waals surface area (Å²) in [6.45, 7) is 0. The molecule has 0 unspecified atom stereocenters. The van der Waals surface area contributed by atoms with Gasteiger partial charge in [-0.15, -0.1) is 12.4 Å². The molecule has 0 aliphatic carbocycles. The van der Waals surface area contributed by atoms with E-state index < -0.39 is 0 Å². The first kappa shape index (κ1) is 14.6. The summed E-state index contributed by atoms with van der Waals surface area (Å²) in [5, 5.41) is 4.90. The Labute approximate surface area is 137 Å². The van der Waals surface area contributed by atoms with Crippen LogP contribution in [0.25, 0.3) is 22.1 Å². The van der Waals surface area contributed by atoms with Crippen LogP contribution in [0, 0.1) is 0 Å². The fourth-order valence-corrected chi connectivity index (χ4v) is 2.41. The molecule has 1 N–H and O–H groups in total. The number of nitrogens with one attached hydrogen (secondary N) is 1. The Morgan fingerprint density at radius 2 is 1.73 bits per heavy atom. The van der Waals surface area contributed by atoms with Gasteiger partial charge in [0.05, 0.1) is 0 Å². The molecule has 0 amide bonds. The second kappa shape index (κ2) is 5.83. The number of rotatable bonds is 2. The zero-order valence-electron chi connectivity index (χ0n) is 11.3. The molecule has 4 rings (SSSR count). The molecule has 0 atom stereocenters. The Hall–Kier alpha value is -2.30. The van der Waals surface area contributed by atoms with E-state index >= 15 is 0 Å². The van der Waals surface area contributed by atoms with Crippen LogP contribution in [-0.2, 0) is 0 Å². The van der Waals surface area contributed by atoms with E-state index in [0.717, 1.165) is 22.2 Å². The quantitative estimate of drug-likeness (QED) is 0.548. The minimum absolute atomic E-state index is 0. The maximum Gasteiger partial charge on any atom is 0.196 e. The molecular formula is C16H11Cl2N3O. The van der Waals surface area contributed by atoms with E-state index in [1.807, 2.05) is 48.5 Å². The number of halogens is 2. The van der Waals surface area contributed by atoms with Crippen molar-refractivity contribution in [2.24, 2.45) is 0 Å². The van der Waals surface area contributed by atoms with Crippen LogP contribution in [0.2, 0.25) is 5.02 Å². The van der Waals surface area contributed by atoms with E-state index in [0.29, 0.717) is 16.4 Å². The SMILES string of the molecule is Cl.Clc1ccc(Nc2ncnc3c2oc2ccccc23)cc1. The minimum Gasteiger partial charge on any atom is -0.450 e. The lowest BCUT2D eigenvalue weighted by Crippen LogP contribution is -1.94. The van der Waals surface area contributed by atoms with Crippen LogP contribution in [0.15, 0.2) is 59.3 Å². The van der Waals surface area contributed by atoms with Crippen LogP contribution in [0.1, 0.15) is 0 Å². The molecule has 0 aliphatic heterocycles. The largest absolute Gasteiger partial charge is 0.450 e. The highest BCUT2D eigenvalue weighted by molar-refractivity contribution is 6.30.